The summed E-state index contributed by atoms with van der Waals surface area (Å²) in [5.74, 6) is -0.104. The third-order valence-electron chi connectivity index (χ3n) is 3.71. The summed E-state index contributed by atoms with van der Waals surface area (Å²) in [5.41, 5.74) is 1.09. The van der Waals surface area contributed by atoms with Crippen LogP contribution in [0.5, 0.6) is 0 Å². The zero-order chi connectivity index (χ0) is 15.6. The first-order valence-electron chi connectivity index (χ1n) is 6.70. The van der Waals surface area contributed by atoms with Crippen LogP contribution >= 0.6 is 10.7 Å². The maximum atomic E-state index is 12.5. The summed E-state index contributed by atoms with van der Waals surface area (Å²) in [6, 6.07) is 4.30. The van der Waals surface area contributed by atoms with Crippen LogP contribution in [0.25, 0.3) is 0 Å². The van der Waals surface area contributed by atoms with Crippen LogP contribution in [0.4, 0.5) is 0 Å². The minimum Gasteiger partial charge on any atom is -0.380 e. The molecule has 1 saturated heterocycles. The Labute approximate surface area is 129 Å². The molecule has 1 amide bonds. The third-order valence-corrected chi connectivity index (χ3v) is 5.06. The van der Waals surface area contributed by atoms with Gasteiger partial charge in [-0.15, -0.1) is 0 Å². The van der Waals surface area contributed by atoms with Crippen LogP contribution in [0.3, 0.4) is 0 Å². The Balaban J connectivity index is 2.23. The molecule has 0 bridgehead atoms. The lowest BCUT2D eigenvalue weighted by molar-refractivity contribution is 0.0268. The second-order valence-electron chi connectivity index (χ2n) is 5.17. The smallest absolute Gasteiger partial charge is 0.261 e. The molecular weight excluding hydrogens is 314 g/mol. The monoisotopic (exact) mass is 331 g/mol. The lowest BCUT2D eigenvalue weighted by Crippen LogP contribution is -2.43. The van der Waals surface area contributed by atoms with Crippen molar-refractivity contribution in [2.45, 2.75) is 30.8 Å². The van der Waals surface area contributed by atoms with Gasteiger partial charge >= 0.3 is 0 Å². The first kappa shape index (κ1) is 16.3. The van der Waals surface area contributed by atoms with Crippen LogP contribution in [-0.2, 0) is 13.8 Å². The lowest BCUT2D eigenvalue weighted by Gasteiger charge is -2.32. The van der Waals surface area contributed by atoms with Crippen LogP contribution in [0.1, 0.15) is 28.8 Å². The van der Waals surface area contributed by atoms with Gasteiger partial charge in [0.1, 0.15) is 0 Å². The molecule has 1 unspecified atom stereocenters. The van der Waals surface area contributed by atoms with Gasteiger partial charge < -0.3 is 9.64 Å². The van der Waals surface area contributed by atoms with E-state index in [0.29, 0.717) is 24.2 Å². The molecule has 1 aliphatic rings. The fourth-order valence-electron chi connectivity index (χ4n) is 2.51. The van der Waals surface area contributed by atoms with Crippen molar-refractivity contribution in [2.75, 3.05) is 20.2 Å². The second kappa shape index (κ2) is 6.34. The van der Waals surface area contributed by atoms with Gasteiger partial charge in [-0.2, -0.15) is 0 Å². The lowest BCUT2D eigenvalue weighted by atomic mass is 10.0. The molecule has 7 heteroatoms. The van der Waals surface area contributed by atoms with Gasteiger partial charge in [-0.05, 0) is 43.5 Å². The predicted octanol–water partition coefficient (Wildman–Crippen LogP) is 2.17. The minimum atomic E-state index is -3.78. The van der Waals surface area contributed by atoms with E-state index in [2.05, 4.69) is 0 Å². The van der Waals surface area contributed by atoms with E-state index in [-0.39, 0.29) is 16.9 Å². The Morgan fingerprint density at radius 3 is 2.71 bits per heavy atom. The number of nitrogens with zero attached hydrogens (tertiary/aromatic N) is 1. The van der Waals surface area contributed by atoms with Crippen LogP contribution in [0.15, 0.2) is 23.1 Å². The zero-order valence-electron chi connectivity index (χ0n) is 12.0. The predicted molar refractivity (Wildman–Crippen MR) is 80.2 cm³/mol. The molecule has 5 nitrogen and oxygen atoms in total. The SMILES string of the molecule is COC1CCCN(C(=O)c2ccc(S(=O)(=O)Cl)cc2C)C1. The zero-order valence-corrected chi connectivity index (χ0v) is 13.6. The average Bonchev–Trinajstić information content (AvgIpc) is 2.45. The number of amides is 1. The molecule has 1 atom stereocenters. The van der Waals surface area contributed by atoms with E-state index in [9.17, 15) is 13.2 Å². The van der Waals surface area contributed by atoms with Crippen molar-refractivity contribution in [3.05, 3.63) is 29.3 Å². The summed E-state index contributed by atoms with van der Waals surface area (Å²) in [6.45, 7) is 2.95. The van der Waals surface area contributed by atoms with E-state index in [1.165, 1.54) is 18.2 Å². The summed E-state index contributed by atoms with van der Waals surface area (Å²) >= 11 is 0. The number of carbonyl (C=O) groups is 1. The molecule has 21 heavy (non-hydrogen) atoms. The highest BCUT2D eigenvalue weighted by molar-refractivity contribution is 8.13. The number of methoxy groups -OCH3 is 1. The molecule has 0 radical (unpaired) electrons. The summed E-state index contributed by atoms with van der Waals surface area (Å²) in [4.78, 5) is 14.3. The summed E-state index contributed by atoms with van der Waals surface area (Å²) in [6.07, 6.45) is 1.91. The molecule has 0 aliphatic carbocycles. The van der Waals surface area contributed by atoms with Gasteiger partial charge in [-0.3, -0.25) is 4.79 Å². The molecule has 1 fully saturated rings. The second-order valence-corrected chi connectivity index (χ2v) is 7.73. The molecule has 1 aromatic rings. The van der Waals surface area contributed by atoms with E-state index in [0.717, 1.165) is 12.8 Å². The summed E-state index contributed by atoms with van der Waals surface area (Å²) in [7, 11) is 3.17. The number of rotatable bonds is 3. The molecule has 0 saturated carbocycles. The molecule has 0 spiro atoms. The molecule has 1 aromatic carbocycles. The van der Waals surface area contributed by atoms with E-state index >= 15 is 0 Å². The Morgan fingerprint density at radius 1 is 1.43 bits per heavy atom. The first-order chi connectivity index (χ1) is 9.82. The van der Waals surface area contributed by atoms with Crippen molar-refractivity contribution >= 4 is 25.6 Å². The van der Waals surface area contributed by atoms with E-state index in [4.69, 9.17) is 15.4 Å². The third kappa shape index (κ3) is 3.75. The highest BCUT2D eigenvalue weighted by atomic mass is 35.7. The molecule has 1 aliphatic heterocycles. The quantitative estimate of drug-likeness (QED) is 0.796. The number of halogens is 1. The standard InChI is InChI=1S/C14H18ClNO4S/c1-10-8-12(21(15,18)19)5-6-13(10)14(17)16-7-3-4-11(9-16)20-2/h5-6,8,11H,3-4,7,9H2,1-2H3. The van der Waals surface area contributed by atoms with Crippen LogP contribution in [-0.4, -0.2) is 45.5 Å². The molecule has 116 valence electrons. The Kier molecular flexibility index (Phi) is 4.91. The van der Waals surface area contributed by atoms with E-state index in [1.54, 1.807) is 18.9 Å². The largest absolute Gasteiger partial charge is 0.380 e. The maximum absolute atomic E-state index is 12.5. The van der Waals surface area contributed by atoms with Crippen molar-refractivity contribution in [1.82, 2.24) is 4.90 Å². The minimum absolute atomic E-state index is 0.00614. The average molecular weight is 332 g/mol. The van der Waals surface area contributed by atoms with Crippen molar-refractivity contribution in [3.8, 4) is 0 Å². The number of aryl methyl sites for hydroxylation is 1. The first-order valence-corrected chi connectivity index (χ1v) is 9.01. The molecule has 1 heterocycles. The van der Waals surface area contributed by atoms with Gasteiger partial charge in [0.2, 0.25) is 0 Å². The number of hydrogen-bond acceptors (Lipinski definition) is 4. The number of carbonyl (C=O) groups excluding carboxylic acids is 1. The Morgan fingerprint density at radius 2 is 2.14 bits per heavy atom. The Bertz CT molecular complexity index is 644. The highest BCUT2D eigenvalue weighted by Gasteiger charge is 2.25. The normalized spacial score (nSPS) is 19.6. The molecule has 0 aromatic heterocycles. The number of piperidine rings is 1. The van der Waals surface area contributed by atoms with Crippen molar-refractivity contribution in [3.63, 3.8) is 0 Å². The van der Waals surface area contributed by atoms with Crippen molar-refractivity contribution in [1.29, 1.82) is 0 Å². The van der Waals surface area contributed by atoms with Gasteiger partial charge in [0, 0.05) is 36.4 Å². The Hall–Kier alpha value is -1.11. The molecule has 2 rings (SSSR count). The molecule has 0 N–H and O–H groups in total. The molecular formula is C14H18ClNO4S. The summed E-state index contributed by atoms with van der Waals surface area (Å²) in [5, 5.41) is 0. The summed E-state index contributed by atoms with van der Waals surface area (Å²) < 4.78 is 27.9. The highest BCUT2D eigenvalue weighted by Crippen LogP contribution is 2.22. The van der Waals surface area contributed by atoms with E-state index < -0.39 is 9.05 Å². The van der Waals surface area contributed by atoms with Gasteiger partial charge in [-0.25, -0.2) is 8.42 Å². The number of ether oxygens (including phenoxy) is 1. The number of hydrogen-bond donors (Lipinski definition) is 0. The van der Waals surface area contributed by atoms with Crippen LogP contribution < -0.4 is 0 Å². The maximum Gasteiger partial charge on any atom is 0.261 e. The fraction of sp³-hybridized carbons (Fsp3) is 0.500. The fourth-order valence-corrected chi connectivity index (χ4v) is 3.35. The van der Waals surface area contributed by atoms with Gasteiger partial charge in [0.05, 0.1) is 11.0 Å². The van der Waals surface area contributed by atoms with Crippen molar-refractivity contribution in [2.24, 2.45) is 0 Å². The number of benzene rings is 1. The van der Waals surface area contributed by atoms with E-state index in [1.807, 2.05) is 0 Å². The van der Waals surface area contributed by atoms with Gasteiger partial charge in [0.15, 0.2) is 0 Å². The topological polar surface area (TPSA) is 63.7 Å². The van der Waals surface area contributed by atoms with Gasteiger partial charge in [-0.1, -0.05) is 0 Å². The van der Waals surface area contributed by atoms with Gasteiger partial charge in [0.25, 0.3) is 15.0 Å². The van der Waals surface area contributed by atoms with Crippen LogP contribution in [0.2, 0.25) is 0 Å². The van der Waals surface area contributed by atoms with Crippen molar-refractivity contribution < 1.29 is 17.9 Å². The van der Waals surface area contributed by atoms with Crippen LogP contribution in [0, 0.1) is 6.92 Å². The number of likely N-dealkylation sites (tertiary alicyclic amines) is 1.